The second kappa shape index (κ2) is 9.35. The van der Waals surface area contributed by atoms with Crippen LogP contribution in [0, 0.1) is 18.6 Å². The number of hydrogen-bond donors (Lipinski definition) is 1. The third-order valence-corrected chi connectivity index (χ3v) is 5.98. The Bertz CT molecular complexity index is 1510. The van der Waals surface area contributed by atoms with Gasteiger partial charge in [0.2, 0.25) is 0 Å². The van der Waals surface area contributed by atoms with Crippen LogP contribution in [-0.4, -0.2) is 25.8 Å². The van der Waals surface area contributed by atoms with Crippen LogP contribution in [0.4, 0.5) is 8.78 Å². The van der Waals surface area contributed by atoms with E-state index >= 15 is 0 Å². The molecule has 0 amide bonds. The predicted molar refractivity (Wildman–Crippen MR) is 134 cm³/mol. The first-order valence-corrected chi connectivity index (χ1v) is 11.5. The van der Waals surface area contributed by atoms with Crippen molar-refractivity contribution in [2.24, 2.45) is 7.05 Å². The van der Waals surface area contributed by atoms with Crippen molar-refractivity contribution >= 4 is 16.9 Å². The number of hydrogen-bond acceptors (Lipinski definition) is 3. The van der Waals surface area contributed by atoms with Crippen LogP contribution in [0.5, 0.6) is 0 Å². The quantitative estimate of drug-likeness (QED) is 0.380. The number of fused-ring (bicyclic) bond motifs is 1. The van der Waals surface area contributed by atoms with E-state index in [1.807, 2.05) is 31.2 Å². The second-order valence-electron chi connectivity index (χ2n) is 9.89. The molecule has 0 fully saturated rings. The predicted octanol–water partition coefficient (Wildman–Crippen LogP) is 5.58. The highest BCUT2D eigenvalue weighted by Crippen LogP contribution is 2.37. The number of benzene rings is 2. The lowest BCUT2D eigenvalue weighted by molar-refractivity contribution is -0.161. The standard InChI is InChI=1S/C28H28F2N2O4/c1-16-6-9-18(10-7-16)22-19-12-13-32(15-17-8-11-20(29)21(30)14-17)23(19)26(33)31(5)24(22)25(27(34)35)36-28(2,3)4/h6-14,25H,15H2,1-5H3,(H,34,35). The van der Waals surface area contributed by atoms with E-state index in [0.717, 1.165) is 23.3 Å². The van der Waals surface area contributed by atoms with Crippen molar-refractivity contribution in [3.8, 4) is 11.1 Å². The van der Waals surface area contributed by atoms with Crippen molar-refractivity contribution in [2.45, 2.75) is 45.9 Å². The van der Waals surface area contributed by atoms with Crippen LogP contribution in [0.3, 0.4) is 0 Å². The summed E-state index contributed by atoms with van der Waals surface area (Å²) in [6.07, 6.45) is 0.285. The summed E-state index contributed by atoms with van der Waals surface area (Å²) in [7, 11) is 1.52. The largest absolute Gasteiger partial charge is 0.479 e. The van der Waals surface area contributed by atoms with Crippen molar-refractivity contribution in [1.29, 1.82) is 0 Å². The van der Waals surface area contributed by atoms with Gasteiger partial charge in [0.25, 0.3) is 5.56 Å². The molecule has 0 aliphatic rings. The maximum Gasteiger partial charge on any atom is 0.339 e. The van der Waals surface area contributed by atoms with Crippen molar-refractivity contribution in [2.75, 3.05) is 0 Å². The number of nitrogens with zero attached hydrogens (tertiary/aromatic N) is 2. The van der Waals surface area contributed by atoms with E-state index in [1.165, 1.54) is 17.7 Å². The molecule has 4 aromatic rings. The second-order valence-corrected chi connectivity index (χ2v) is 9.89. The van der Waals surface area contributed by atoms with E-state index in [4.69, 9.17) is 4.74 Å². The number of pyridine rings is 1. The van der Waals surface area contributed by atoms with Gasteiger partial charge in [-0.15, -0.1) is 0 Å². The Morgan fingerprint density at radius 2 is 1.72 bits per heavy atom. The average Bonchev–Trinajstić information content (AvgIpc) is 3.20. The number of rotatable bonds is 6. The van der Waals surface area contributed by atoms with Gasteiger partial charge in [-0.25, -0.2) is 13.6 Å². The van der Waals surface area contributed by atoms with Crippen LogP contribution in [0.1, 0.15) is 43.7 Å². The molecule has 0 saturated heterocycles. The molecule has 2 heterocycles. The highest BCUT2D eigenvalue weighted by Gasteiger charge is 2.33. The maximum atomic E-state index is 13.8. The number of aryl methyl sites for hydroxylation is 1. The summed E-state index contributed by atoms with van der Waals surface area (Å²) in [5.74, 6) is -3.13. The SMILES string of the molecule is Cc1ccc(-c2c(C(OC(C)(C)C)C(=O)O)n(C)c(=O)c3c2ccn3Cc2ccc(F)c(F)c2)cc1. The zero-order valence-corrected chi connectivity index (χ0v) is 20.8. The highest BCUT2D eigenvalue weighted by molar-refractivity contribution is 5.98. The van der Waals surface area contributed by atoms with Gasteiger partial charge in [-0.2, -0.15) is 0 Å². The Morgan fingerprint density at radius 3 is 2.31 bits per heavy atom. The number of ether oxygens (including phenoxy) is 1. The monoisotopic (exact) mass is 494 g/mol. The molecular formula is C28H28F2N2O4. The molecule has 1 unspecified atom stereocenters. The van der Waals surface area contributed by atoms with Gasteiger partial charge in [-0.05, 0) is 57.0 Å². The molecule has 36 heavy (non-hydrogen) atoms. The molecule has 8 heteroatoms. The number of aliphatic carboxylic acids is 1. The summed E-state index contributed by atoms with van der Waals surface area (Å²) in [4.78, 5) is 26.0. The molecule has 0 aliphatic heterocycles. The van der Waals surface area contributed by atoms with Gasteiger partial charge >= 0.3 is 5.97 Å². The Labute approximate surface area is 207 Å². The van der Waals surface area contributed by atoms with Crippen molar-refractivity contribution in [3.63, 3.8) is 0 Å². The summed E-state index contributed by atoms with van der Waals surface area (Å²) < 4.78 is 36.1. The minimum absolute atomic E-state index is 0.128. The van der Waals surface area contributed by atoms with Crippen LogP contribution >= 0.6 is 0 Å². The van der Waals surface area contributed by atoms with Gasteiger partial charge in [0.05, 0.1) is 11.3 Å². The number of carbonyl (C=O) groups is 1. The van der Waals surface area contributed by atoms with Crippen molar-refractivity contribution in [3.05, 3.63) is 93.5 Å². The first-order valence-electron chi connectivity index (χ1n) is 11.5. The zero-order chi connectivity index (χ0) is 26.4. The van der Waals surface area contributed by atoms with Gasteiger partial charge in [-0.1, -0.05) is 35.9 Å². The van der Waals surface area contributed by atoms with Gasteiger partial charge in [0.15, 0.2) is 17.7 Å². The van der Waals surface area contributed by atoms with E-state index in [-0.39, 0.29) is 12.2 Å². The molecule has 0 radical (unpaired) electrons. The van der Waals surface area contributed by atoms with Gasteiger partial charge in [0, 0.05) is 30.7 Å². The summed E-state index contributed by atoms with van der Waals surface area (Å²) in [5, 5.41) is 10.7. The summed E-state index contributed by atoms with van der Waals surface area (Å²) in [6, 6.07) is 12.9. The number of halogens is 2. The van der Waals surface area contributed by atoms with E-state index in [9.17, 15) is 23.5 Å². The van der Waals surface area contributed by atoms with Crippen LogP contribution in [0.25, 0.3) is 22.0 Å². The Hall–Kier alpha value is -3.78. The molecule has 0 bridgehead atoms. The van der Waals surface area contributed by atoms with Gasteiger partial charge in [-0.3, -0.25) is 4.79 Å². The zero-order valence-electron chi connectivity index (χ0n) is 20.8. The van der Waals surface area contributed by atoms with Crippen molar-refractivity contribution in [1.82, 2.24) is 9.13 Å². The van der Waals surface area contributed by atoms with Crippen LogP contribution in [0.2, 0.25) is 0 Å². The smallest absolute Gasteiger partial charge is 0.339 e. The summed E-state index contributed by atoms with van der Waals surface area (Å²) >= 11 is 0. The molecule has 1 atom stereocenters. The summed E-state index contributed by atoms with van der Waals surface area (Å²) in [6.45, 7) is 7.34. The molecular weight excluding hydrogens is 466 g/mol. The van der Waals surface area contributed by atoms with E-state index in [1.54, 1.807) is 37.6 Å². The number of carboxylic acids is 1. The summed E-state index contributed by atoms with van der Waals surface area (Å²) in [5.41, 5.74) is 2.13. The van der Waals surface area contributed by atoms with E-state index in [0.29, 0.717) is 22.0 Å². The van der Waals surface area contributed by atoms with Crippen LogP contribution in [0.15, 0.2) is 59.5 Å². The molecule has 6 nitrogen and oxygen atoms in total. The van der Waals surface area contributed by atoms with Crippen molar-refractivity contribution < 1.29 is 23.4 Å². The fraction of sp³-hybridized carbons (Fsp3) is 0.286. The third kappa shape index (κ3) is 4.81. The van der Waals surface area contributed by atoms with E-state index in [2.05, 4.69) is 0 Å². The minimum atomic E-state index is -1.40. The maximum absolute atomic E-state index is 13.8. The minimum Gasteiger partial charge on any atom is -0.479 e. The first-order chi connectivity index (χ1) is 16.9. The lowest BCUT2D eigenvalue weighted by atomic mass is 9.95. The van der Waals surface area contributed by atoms with Gasteiger partial charge < -0.3 is 19.0 Å². The van der Waals surface area contributed by atoms with Crippen LogP contribution in [-0.2, 0) is 23.1 Å². The molecule has 2 aromatic heterocycles. The third-order valence-electron chi connectivity index (χ3n) is 5.98. The average molecular weight is 495 g/mol. The van der Waals surface area contributed by atoms with E-state index < -0.39 is 34.9 Å². The molecule has 1 N–H and O–H groups in total. The molecule has 188 valence electrons. The lowest BCUT2D eigenvalue weighted by Gasteiger charge is -2.28. The number of carboxylic acid groups (broad SMARTS) is 1. The fourth-order valence-corrected chi connectivity index (χ4v) is 4.36. The lowest BCUT2D eigenvalue weighted by Crippen LogP contribution is -2.33. The first kappa shape index (κ1) is 25.3. The van der Waals surface area contributed by atoms with Crippen LogP contribution < -0.4 is 5.56 Å². The topological polar surface area (TPSA) is 73.5 Å². The van der Waals surface area contributed by atoms with Gasteiger partial charge in [0.1, 0.15) is 5.52 Å². The molecule has 0 saturated carbocycles. The molecule has 2 aromatic carbocycles. The molecule has 0 spiro atoms. The molecule has 0 aliphatic carbocycles. The Morgan fingerprint density at radius 1 is 1.06 bits per heavy atom. The highest BCUT2D eigenvalue weighted by atomic mass is 19.2. The normalized spacial score (nSPS) is 12.8. The number of aromatic nitrogens is 2. The Balaban J connectivity index is 2.02. The Kier molecular flexibility index (Phi) is 6.58. The fourth-order valence-electron chi connectivity index (χ4n) is 4.36. The molecule has 4 rings (SSSR count).